The third-order valence-electron chi connectivity index (χ3n) is 5.20. The first-order valence-electron chi connectivity index (χ1n) is 9.39. The largest absolute Gasteiger partial charge is 0.350 e. The molecule has 148 valence electrons. The monoisotopic (exact) mass is 390 g/mol. The number of Topliss-reactive ketones (excluding diaryl/α,β-unsaturated/α-hetero) is 1. The molecule has 0 unspecified atom stereocenters. The van der Waals surface area contributed by atoms with Gasteiger partial charge in [0, 0.05) is 61.8 Å². The van der Waals surface area contributed by atoms with Crippen LogP contribution in [-0.2, 0) is 28.0 Å². The number of nitrogens with zero attached hydrogens (tertiary/aromatic N) is 3. The van der Waals surface area contributed by atoms with Crippen molar-refractivity contribution in [2.24, 2.45) is 7.05 Å². The van der Waals surface area contributed by atoms with Crippen LogP contribution in [0.5, 0.6) is 0 Å². The molecule has 4 rings (SSSR count). The highest BCUT2D eigenvalue weighted by Gasteiger charge is 2.27. The number of para-hydroxylation sites is 1. The number of hydrogen-bond donors (Lipinski definition) is 1. The van der Waals surface area contributed by atoms with E-state index in [0.717, 1.165) is 16.5 Å². The van der Waals surface area contributed by atoms with E-state index in [9.17, 15) is 14.4 Å². The van der Waals surface area contributed by atoms with E-state index in [-0.39, 0.29) is 24.0 Å². The van der Waals surface area contributed by atoms with E-state index in [2.05, 4.69) is 22.0 Å². The smallest absolute Gasteiger partial charge is 0.248 e. The van der Waals surface area contributed by atoms with Crippen LogP contribution in [0.25, 0.3) is 10.9 Å². The Morgan fingerprint density at radius 3 is 2.90 bits per heavy atom. The summed E-state index contributed by atoms with van der Waals surface area (Å²) in [6.45, 7) is 0.835. The summed E-state index contributed by atoms with van der Waals surface area (Å²) in [7, 11) is 3.76. The Bertz CT molecular complexity index is 1110. The average Bonchev–Trinajstić information content (AvgIpc) is 3.02. The van der Waals surface area contributed by atoms with E-state index >= 15 is 0 Å². The third-order valence-corrected chi connectivity index (χ3v) is 5.20. The molecule has 0 spiro atoms. The van der Waals surface area contributed by atoms with E-state index in [4.69, 9.17) is 0 Å². The number of carbonyl (C=O) groups is 3. The highest BCUT2D eigenvalue weighted by Crippen LogP contribution is 2.22. The summed E-state index contributed by atoms with van der Waals surface area (Å²) in [6, 6.07) is 8.11. The number of rotatable bonds is 4. The standard InChI is InChI=1S/C22H22N4O3/c1-24-12-15(16-5-3-4-6-19(16)24)13-25(2)22(29)8-10-26-9-7-18-17(14-26)20(27)11-21(28)23-18/h3-10,12H,11,13-14H2,1-2H3,(H,23,28)/b10-8+. The van der Waals surface area contributed by atoms with Gasteiger partial charge in [-0.1, -0.05) is 18.2 Å². The Hall–Kier alpha value is -3.61. The van der Waals surface area contributed by atoms with Gasteiger partial charge in [-0.05, 0) is 17.7 Å². The molecular weight excluding hydrogens is 368 g/mol. The minimum atomic E-state index is -0.285. The molecule has 29 heavy (non-hydrogen) atoms. The van der Waals surface area contributed by atoms with Gasteiger partial charge in [-0.3, -0.25) is 14.4 Å². The molecule has 3 heterocycles. The highest BCUT2D eigenvalue weighted by molar-refractivity contribution is 6.11. The molecule has 0 atom stereocenters. The van der Waals surface area contributed by atoms with Gasteiger partial charge >= 0.3 is 0 Å². The van der Waals surface area contributed by atoms with Crippen LogP contribution in [0, 0.1) is 0 Å². The quantitative estimate of drug-likeness (QED) is 0.638. The lowest BCUT2D eigenvalue weighted by atomic mass is 9.99. The van der Waals surface area contributed by atoms with E-state index in [1.54, 1.807) is 35.3 Å². The molecule has 2 aromatic rings. The van der Waals surface area contributed by atoms with Crippen molar-refractivity contribution in [1.29, 1.82) is 0 Å². The Labute approximate surface area is 168 Å². The maximum absolute atomic E-state index is 12.6. The number of carbonyl (C=O) groups excluding carboxylic acids is 3. The fourth-order valence-corrected chi connectivity index (χ4v) is 3.67. The van der Waals surface area contributed by atoms with Gasteiger partial charge in [-0.2, -0.15) is 0 Å². The maximum Gasteiger partial charge on any atom is 0.248 e. The maximum atomic E-state index is 12.6. The molecule has 0 bridgehead atoms. The number of hydrogen-bond acceptors (Lipinski definition) is 4. The number of nitrogens with one attached hydrogen (secondary N) is 1. The van der Waals surface area contributed by atoms with E-state index < -0.39 is 0 Å². The van der Waals surface area contributed by atoms with Crippen molar-refractivity contribution in [3.05, 3.63) is 71.8 Å². The van der Waals surface area contributed by atoms with E-state index in [0.29, 0.717) is 24.4 Å². The second-order valence-electron chi connectivity index (χ2n) is 7.32. The van der Waals surface area contributed by atoms with Crippen molar-refractivity contribution >= 4 is 28.5 Å². The Morgan fingerprint density at radius 2 is 2.07 bits per heavy atom. The summed E-state index contributed by atoms with van der Waals surface area (Å²) in [5.74, 6) is -0.590. The molecule has 1 aromatic carbocycles. The lowest BCUT2D eigenvalue weighted by Gasteiger charge is -2.26. The molecule has 0 fully saturated rings. The fourth-order valence-electron chi connectivity index (χ4n) is 3.67. The third kappa shape index (κ3) is 3.71. The van der Waals surface area contributed by atoms with Crippen LogP contribution in [-0.4, -0.2) is 45.6 Å². The summed E-state index contributed by atoms with van der Waals surface area (Å²) in [5.41, 5.74) is 3.33. The van der Waals surface area contributed by atoms with Crippen LogP contribution >= 0.6 is 0 Å². The Kier molecular flexibility index (Phi) is 4.80. The number of likely N-dealkylation sites (N-methyl/N-ethyl adjacent to an activating group) is 1. The predicted octanol–water partition coefficient (Wildman–Crippen LogP) is 1.82. The fraction of sp³-hybridized carbons (Fsp3) is 0.227. The van der Waals surface area contributed by atoms with Crippen LogP contribution < -0.4 is 5.32 Å². The predicted molar refractivity (Wildman–Crippen MR) is 109 cm³/mol. The van der Waals surface area contributed by atoms with Crippen molar-refractivity contribution in [1.82, 2.24) is 19.7 Å². The highest BCUT2D eigenvalue weighted by atomic mass is 16.2. The average molecular weight is 390 g/mol. The second-order valence-corrected chi connectivity index (χ2v) is 7.32. The summed E-state index contributed by atoms with van der Waals surface area (Å²) >= 11 is 0. The van der Waals surface area contributed by atoms with Crippen molar-refractivity contribution in [2.75, 3.05) is 13.6 Å². The zero-order chi connectivity index (χ0) is 20.5. The normalized spacial score (nSPS) is 16.6. The molecule has 2 amide bonds. The van der Waals surface area contributed by atoms with Gasteiger partial charge in [0.2, 0.25) is 11.8 Å². The minimum Gasteiger partial charge on any atom is -0.350 e. The first-order chi connectivity index (χ1) is 13.9. The number of allylic oxidation sites excluding steroid dienone is 1. The first-order valence-corrected chi connectivity index (χ1v) is 9.39. The van der Waals surface area contributed by atoms with Crippen LogP contribution in [0.4, 0.5) is 0 Å². The molecule has 7 nitrogen and oxygen atoms in total. The van der Waals surface area contributed by atoms with Crippen LogP contribution in [0.15, 0.2) is 66.3 Å². The van der Waals surface area contributed by atoms with Gasteiger partial charge in [0.15, 0.2) is 5.78 Å². The minimum absolute atomic E-state index is 0.128. The van der Waals surface area contributed by atoms with Gasteiger partial charge in [-0.15, -0.1) is 0 Å². The number of aryl methyl sites for hydroxylation is 1. The molecule has 1 aromatic heterocycles. The lowest BCUT2D eigenvalue weighted by molar-refractivity contribution is -0.127. The van der Waals surface area contributed by atoms with Crippen LogP contribution in [0.2, 0.25) is 0 Å². The number of ketones is 1. The topological polar surface area (TPSA) is 74.7 Å². The van der Waals surface area contributed by atoms with Gasteiger partial charge in [0.25, 0.3) is 0 Å². The van der Waals surface area contributed by atoms with Crippen LogP contribution in [0.1, 0.15) is 12.0 Å². The number of amides is 2. The zero-order valence-electron chi connectivity index (χ0n) is 16.4. The van der Waals surface area contributed by atoms with Crippen molar-refractivity contribution < 1.29 is 14.4 Å². The Morgan fingerprint density at radius 1 is 1.28 bits per heavy atom. The zero-order valence-corrected chi connectivity index (χ0v) is 16.4. The number of benzene rings is 1. The Balaban J connectivity index is 1.41. The summed E-state index contributed by atoms with van der Waals surface area (Å²) < 4.78 is 2.06. The van der Waals surface area contributed by atoms with Crippen molar-refractivity contribution in [3.8, 4) is 0 Å². The number of fused-ring (bicyclic) bond motifs is 1. The molecule has 2 aliphatic rings. The SMILES string of the molecule is CN(Cc1cn(C)c2ccccc12)C(=O)/C=C/N1C=CC2=C(C1)C(=O)CC(=O)N2. The molecule has 1 N–H and O–H groups in total. The van der Waals surface area contributed by atoms with Gasteiger partial charge < -0.3 is 19.7 Å². The van der Waals surface area contributed by atoms with E-state index in [1.807, 2.05) is 25.4 Å². The number of aromatic nitrogens is 1. The lowest BCUT2D eigenvalue weighted by Crippen LogP contribution is -2.37. The molecule has 0 saturated carbocycles. The molecular formula is C22H22N4O3. The first kappa shape index (κ1) is 18.7. The van der Waals surface area contributed by atoms with Gasteiger partial charge in [-0.25, -0.2) is 0 Å². The summed E-state index contributed by atoms with van der Waals surface area (Å²) in [5, 5.41) is 3.84. The van der Waals surface area contributed by atoms with Crippen molar-refractivity contribution in [2.45, 2.75) is 13.0 Å². The second kappa shape index (κ2) is 7.43. The molecule has 0 aliphatic carbocycles. The van der Waals surface area contributed by atoms with Crippen molar-refractivity contribution in [3.63, 3.8) is 0 Å². The molecule has 7 heteroatoms. The summed E-state index contributed by atoms with van der Waals surface area (Å²) in [6.07, 6.45) is 8.49. The van der Waals surface area contributed by atoms with Gasteiger partial charge in [0.05, 0.1) is 18.7 Å². The van der Waals surface area contributed by atoms with Crippen LogP contribution in [0.3, 0.4) is 0 Å². The van der Waals surface area contributed by atoms with E-state index in [1.165, 1.54) is 6.08 Å². The molecule has 0 radical (unpaired) electrons. The van der Waals surface area contributed by atoms with Gasteiger partial charge in [0.1, 0.15) is 0 Å². The molecule has 0 saturated heterocycles. The molecule has 2 aliphatic heterocycles. The summed E-state index contributed by atoms with van der Waals surface area (Å²) in [4.78, 5) is 39.5.